The number of hydrogen-bond donors (Lipinski definition) is 2. The monoisotopic (exact) mass is 349 g/mol. The Kier molecular flexibility index (Phi) is 6.50. The van der Waals surface area contributed by atoms with Gasteiger partial charge in [-0.05, 0) is 32.0 Å². The topological polar surface area (TPSA) is 104 Å². The highest BCUT2D eigenvalue weighted by Gasteiger charge is 2.10. The molecule has 2 aromatic carbocycles. The van der Waals surface area contributed by atoms with Gasteiger partial charge in [0, 0.05) is 16.5 Å². The number of carbonyl (C=O) groups is 2. The highest BCUT2D eigenvalue weighted by atomic mass is 16.1. The Hall–Kier alpha value is -3.61. The summed E-state index contributed by atoms with van der Waals surface area (Å²) in [6.07, 6.45) is 2.26. The van der Waals surface area contributed by atoms with E-state index in [1.807, 2.05) is 18.9 Å². The van der Waals surface area contributed by atoms with E-state index < -0.39 is 0 Å². The van der Waals surface area contributed by atoms with Crippen LogP contribution >= 0.6 is 0 Å². The Morgan fingerprint density at radius 3 is 2.27 bits per heavy atom. The number of aldehydes is 1. The van der Waals surface area contributed by atoms with Gasteiger partial charge in [0.05, 0.1) is 11.2 Å². The standard InChI is InChI=1S/C16H13N5.C2H4O.CH2O/c1-10-2-4-11(5-3-10)15-13-8-12(16-17-9-18-21-16)6-7-14(13)19-20-15;1-2-3;1-2/h2-9H,1H3,(H,19,20)(H,17,18,21);2H,1H3;1H2. The molecular formula is C19H19N5O2. The Balaban J connectivity index is 0.000000444. The van der Waals surface area contributed by atoms with Crippen molar-refractivity contribution in [3.8, 4) is 22.6 Å². The highest BCUT2D eigenvalue weighted by molar-refractivity contribution is 5.95. The molecule has 0 spiro atoms. The van der Waals surface area contributed by atoms with E-state index in [-0.39, 0.29) is 0 Å². The van der Waals surface area contributed by atoms with Crippen molar-refractivity contribution in [2.75, 3.05) is 0 Å². The first-order chi connectivity index (χ1) is 12.7. The summed E-state index contributed by atoms with van der Waals surface area (Å²) in [6.45, 7) is 5.52. The fourth-order valence-corrected chi connectivity index (χ4v) is 2.44. The number of hydrogen-bond acceptors (Lipinski definition) is 5. The summed E-state index contributed by atoms with van der Waals surface area (Å²) >= 11 is 0. The second-order valence-electron chi connectivity index (χ2n) is 5.27. The summed E-state index contributed by atoms with van der Waals surface area (Å²) in [5, 5.41) is 15.4. The van der Waals surface area contributed by atoms with Crippen molar-refractivity contribution >= 4 is 24.0 Å². The van der Waals surface area contributed by atoms with Crippen molar-refractivity contribution in [1.82, 2.24) is 25.4 Å². The molecule has 7 heteroatoms. The van der Waals surface area contributed by atoms with Crippen LogP contribution in [-0.2, 0) is 9.59 Å². The van der Waals surface area contributed by atoms with Gasteiger partial charge in [-0.25, -0.2) is 4.98 Å². The molecule has 0 aliphatic heterocycles. The third-order valence-corrected chi connectivity index (χ3v) is 3.58. The van der Waals surface area contributed by atoms with Crippen LogP contribution in [0.15, 0.2) is 48.8 Å². The SMILES string of the molecule is C=O.CC=O.Cc1ccc(-c2n[nH]c3ccc(-c4ncn[nH]4)cc23)cc1. The number of nitrogens with zero attached hydrogens (tertiary/aromatic N) is 3. The fraction of sp³-hybridized carbons (Fsp3) is 0.105. The van der Waals surface area contributed by atoms with E-state index in [0.717, 1.165) is 39.8 Å². The summed E-state index contributed by atoms with van der Waals surface area (Å²) in [5.74, 6) is 0.757. The molecule has 0 saturated carbocycles. The van der Waals surface area contributed by atoms with Crippen LogP contribution in [0.5, 0.6) is 0 Å². The summed E-state index contributed by atoms with van der Waals surface area (Å²) in [6, 6.07) is 14.5. The van der Waals surface area contributed by atoms with Crippen LogP contribution in [0, 0.1) is 6.92 Å². The molecule has 0 radical (unpaired) electrons. The van der Waals surface area contributed by atoms with Crippen LogP contribution in [0.3, 0.4) is 0 Å². The first-order valence-corrected chi connectivity index (χ1v) is 7.82. The normalized spacial score (nSPS) is 9.62. The zero-order valence-corrected chi connectivity index (χ0v) is 14.6. The molecule has 0 atom stereocenters. The van der Waals surface area contributed by atoms with Crippen LogP contribution in [0.1, 0.15) is 12.5 Å². The Bertz CT molecular complexity index is 959. The molecule has 26 heavy (non-hydrogen) atoms. The molecule has 0 amide bonds. The Morgan fingerprint density at radius 1 is 1.00 bits per heavy atom. The van der Waals surface area contributed by atoms with Crippen molar-refractivity contribution in [3.63, 3.8) is 0 Å². The van der Waals surface area contributed by atoms with Gasteiger partial charge in [0.1, 0.15) is 19.4 Å². The Morgan fingerprint density at radius 2 is 1.65 bits per heavy atom. The van der Waals surface area contributed by atoms with E-state index in [1.165, 1.54) is 18.8 Å². The third-order valence-electron chi connectivity index (χ3n) is 3.58. The minimum atomic E-state index is 0.750. The zero-order valence-electron chi connectivity index (χ0n) is 14.6. The number of aryl methyl sites for hydroxylation is 1. The van der Waals surface area contributed by atoms with E-state index in [1.54, 1.807) is 0 Å². The van der Waals surface area contributed by atoms with E-state index in [0.29, 0.717) is 0 Å². The van der Waals surface area contributed by atoms with Gasteiger partial charge < -0.3 is 9.59 Å². The first-order valence-electron chi connectivity index (χ1n) is 7.82. The highest BCUT2D eigenvalue weighted by Crippen LogP contribution is 2.29. The quantitative estimate of drug-likeness (QED) is 0.540. The van der Waals surface area contributed by atoms with E-state index in [4.69, 9.17) is 9.59 Å². The molecule has 4 rings (SSSR count). The van der Waals surface area contributed by atoms with Crippen LogP contribution < -0.4 is 0 Å². The van der Waals surface area contributed by atoms with E-state index >= 15 is 0 Å². The summed E-state index contributed by atoms with van der Waals surface area (Å²) in [7, 11) is 0. The minimum absolute atomic E-state index is 0.750. The maximum atomic E-state index is 8.81. The number of fused-ring (bicyclic) bond motifs is 1. The van der Waals surface area contributed by atoms with Gasteiger partial charge in [0.15, 0.2) is 5.82 Å². The molecule has 0 unspecified atom stereocenters. The fourth-order valence-electron chi connectivity index (χ4n) is 2.44. The lowest BCUT2D eigenvalue weighted by atomic mass is 10.0. The largest absolute Gasteiger partial charge is 0.307 e. The molecule has 2 aromatic heterocycles. The molecular weight excluding hydrogens is 330 g/mol. The van der Waals surface area contributed by atoms with Crippen molar-refractivity contribution in [2.45, 2.75) is 13.8 Å². The van der Waals surface area contributed by atoms with Crippen LogP contribution in [0.2, 0.25) is 0 Å². The maximum absolute atomic E-state index is 8.81. The smallest absolute Gasteiger partial charge is 0.155 e. The minimum Gasteiger partial charge on any atom is -0.307 e. The van der Waals surface area contributed by atoms with Crippen LogP contribution in [0.25, 0.3) is 33.5 Å². The van der Waals surface area contributed by atoms with Gasteiger partial charge in [-0.15, -0.1) is 0 Å². The lowest BCUT2D eigenvalue weighted by Crippen LogP contribution is -1.82. The zero-order chi connectivity index (χ0) is 18.9. The molecule has 4 aromatic rings. The van der Waals surface area contributed by atoms with E-state index in [9.17, 15) is 0 Å². The molecule has 7 nitrogen and oxygen atoms in total. The molecule has 2 N–H and O–H groups in total. The molecule has 132 valence electrons. The summed E-state index contributed by atoms with van der Waals surface area (Å²) < 4.78 is 0. The van der Waals surface area contributed by atoms with Crippen molar-refractivity contribution in [3.05, 3.63) is 54.4 Å². The number of aromatic nitrogens is 5. The molecule has 0 saturated heterocycles. The molecule has 0 aliphatic carbocycles. The lowest BCUT2D eigenvalue weighted by molar-refractivity contribution is -0.106. The number of carbonyl (C=O) groups excluding carboxylic acids is 2. The van der Waals surface area contributed by atoms with Crippen molar-refractivity contribution in [1.29, 1.82) is 0 Å². The van der Waals surface area contributed by atoms with E-state index in [2.05, 4.69) is 62.6 Å². The van der Waals surface area contributed by atoms with Gasteiger partial charge in [0.2, 0.25) is 0 Å². The van der Waals surface area contributed by atoms with Crippen molar-refractivity contribution in [2.24, 2.45) is 0 Å². The second kappa shape index (κ2) is 9.03. The van der Waals surface area contributed by atoms with Gasteiger partial charge >= 0.3 is 0 Å². The molecule has 2 heterocycles. The number of H-pyrrole nitrogens is 2. The summed E-state index contributed by atoms with van der Waals surface area (Å²) in [5.41, 5.74) is 5.29. The molecule has 0 aliphatic rings. The van der Waals surface area contributed by atoms with Crippen LogP contribution in [-0.4, -0.2) is 38.5 Å². The third kappa shape index (κ3) is 4.07. The van der Waals surface area contributed by atoms with Gasteiger partial charge in [0.25, 0.3) is 0 Å². The van der Waals surface area contributed by atoms with Crippen LogP contribution in [0.4, 0.5) is 0 Å². The van der Waals surface area contributed by atoms with Gasteiger partial charge in [-0.2, -0.15) is 10.2 Å². The average Bonchev–Trinajstić information content (AvgIpc) is 3.34. The Labute approximate surface area is 150 Å². The molecule has 0 fully saturated rings. The summed E-state index contributed by atoms with van der Waals surface area (Å²) in [4.78, 5) is 21.0. The molecule has 0 bridgehead atoms. The first kappa shape index (κ1) is 18.7. The predicted molar refractivity (Wildman–Crippen MR) is 101 cm³/mol. The predicted octanol–water partition coefficient (Wildman–Crippen LogP) is 3.34. The van der Waals surface area contributed by atoms with Crippen molar-refractivity contribution < 1.29 is 9.59 Å². The second-order valence-corrected chi connectivity index (χ2v) is 5.27. The van der Waals surface area contributed by atoms with Gasteiger partial charge in [-0.1, -0.05) is 29.8 Å². The van der Waals surface area contributed by atoms with Gasteiger partial charge in [-0.3, -0.25) is 10.2 Å². The average molecular weight is 349 g/mol. The number of rotatable bonds is 2. The maximum Gasteiger partial charge on any atom is 0.155 e. The number of benzene rings is 2. The number of aromatic amines is 2. The lowest BCUT2D eigenvalue weighted by Gasteiger charge is -2.00. The number of nitrogens with one attached hydrogen (secondary N) is 2.